The number of benzene rings is 1. The zero-order chi connectivity index (χ0) is 18.1. The summed E-state index contributed by atoms with van der Waals surface area (Å²) in [5.74, 6) is 0.518. The summed E-state index contributed by atoms with van der Waals surface area (Å²) >= 11 is 1.45. The van der Waals surface area contributed by atoms with Crippen LogP contribution in [0.1, 0.15) is 52.7 Å². The number of nitrogens with zero attached hydrogens (tertiary/aromatic N) is 1. The lowest BCUT2D eigenvalue weighted by Gasteiger charge is -2.21. The highest BCUT2D eigenvalue weighted by Gasteiger charge is 2.29. The second kappa shape index (κ2) is 6.75. The van der Waals surface area contributed by atoms with Gasteiger partial charge in [-0.1, -0.05) is 77.6 Å². The Hall–Kier alpha value is -1.55. The first-order valence-electron chi connectivity index (χ1n) is 8.27. The number of hydrogen-bond acceptors (Lipinski definition) is 3. The van der Waals surface area contributed by atoms with E-state index in [1.54, 1.807) is 11.0 Å². The monoisotopic (exact) mass is 345 g/mol. The van der Waals surface area contributed by atoms with Gasteiger partial charge >= 0.3 is 0 Å². The Bertz CT molecular complexity index is 660. The van der Waals surface area contributed by atoms with E-state index in [1.165, 1.54) is 17.3 Å². The standard InChI is InChI=1S/C20H27NO2S/c1-19(2,3)15-9-7-14(8-10-15)12-21-17(23)13-24-18(21)11-16(22)20(4,5)6/h7-11H,12-13H2,1-6H3/b18-11-. The van der Waals surface area contributed by atoms with Crippen LogP contribution in [0, 0.1) is 5.41 Å². The largest absolute Gasteiger partial charge is 0.301 e. The van der Waals surface area contributed by atoms with E-state index in [0.717, 1.165) is 10.6 Å². The Morgan fingerprint density at radius 3 is 2.21 bits per heavy atom. The van der Waals surface area contributed by atoms with E-state index in [9.17, 15) is 9.59 Å². The molecule has 1 aliphatic rings. The predicted octanol–water partition coefficient (Wildman–Crippen LogP) is 4.52. The minimum atomic E-state index is -0.431. The zero-order valence-corrected chi connectivity index (χ0v) is 16.3. The quantitative estimate of drug-likeness (QED) is 0.756. The summed E-state index contributed by atoms with van der Waals surface area (Å²) in [4.78, 5) is 26.2. The first-order chi connectivity index (χ1) is 11.0. The SMILES string of the molecule is CC(C)(C)C(=O)/C=C1\SCC(=O)N1Cc1ccc(C(C)(C)C)cc1. The Balaban J connectivity index is 2.19. The first-order valence-corrected chi connectivity index (χ1v) is 9.26. The molecule has 0 radical (unpaired) electrons. The van der Waals surface area contributed by atoms with Gasteiger partial charge in [-0.25, -0.2) is 0 Å². The molecule has 0 bridgehead atoms. The van der Waals surface area contributed by atoms with Crippen LogP contribution in [0.3, 0.4) is 0 Å². The maximum absolute atomic E-state index is 12.3. The van der Waals surface area contributed by atoms with E-state index in [-0.39, 0.29) is 17.1 Å². The number of hydrogen-bond donors (Lipinski definition) is 0. The fourth-order valence-electron chi connectivity index (χ4n) is 2.32. The molecule has 1 aromatic rings. The van der Waals surface area contributed by atoms with Crippen LogP contribution in [0.25, 0.3) is 0 Å². The topological polar surface area (TPSA) is 37.4 Å². The Labute approximate surface area is 149 Å². The van der Waals surface area contributed by atoms with E-state index >= 15 is 0 Å². The van der Waals surface area contributed by atoms with Crippen molar-refractivity contribution in [1.29, 1.82) is 0 Å². The second-order valence-corrected chi connectivity index (χ2v) is 9.31. The number of carbonyl (C=O) groups is 2. The van der Waals surface area contributed by atoms with Crippen molar-refractivity contribution in [1.82, 2.24) is 4.90 Å². The Morgan fingerprint density at radius 2 is 1.71 bits per heavy atom. The van der Waals surface area contributed by atoms with Gasteiger partial charge in [0.05, 0.1) is 17.3 Å². The van der Waals surface area contributed by atoms with Crippen LogP contribution in [0.5, 0.6) is 0 Å². The molecule has 24 heavy (non-hydrogen) atoms. The van der Waals surface area contributed by atoms with Crippen LogP contribution >= 0.6 is 11.8 Å². The van der Waals surface area contributed by atoms with Gasteiger partial charge in [-0.05, 0) is 16.5 Å². The molecule has 0 aromatic heterocycles. The van der Waals surface area contributed by atoms with Gasteiger partial charge in [-0.3, -0.25) is 9.59 Å². The molecule has 4 heteroatoms. The molecule has 1 aliphatic heterocycles. The average Bonchev–Trinajstić information content (AvgIpc) is 2.79. The molecule has 1 heterocycles. The van der Waals surface area contributed by atoms with Crippen molar-refractivity contribution in [3.63, 3.8) is 0 Å². The van der Waals surface area contributed by atoms with E-state index < -0.39 is 5.41 Å². The van der Waals surface area contributed by atoms with Crippen molar-refractivity contribution in [3.05, 3.63) is 46.5 Å². The van der Waals surface area contributed by atoms with E-state index in [0.29, 0.717) is 12.3 Å². The molecule has 3 nitrogen and oxygen atoms in total. The number of ketones is 1. The van der Waals surface area contributed by atoms with Crippen molar-refractivity contribution >= 4 is 23.5 Å². The minimum Gasteiger partial charge on any atom is -0.301 e. The smallest absolute Gasteiger partial charge is 0.238 e. The predicted molar refractivity (Wildman–Crippen MR) is 101 cm³/mol. The van der Waals surface area contributed by atoms with Crippen LogP contribution < -0.4 is 0 Å². The number of thioether (sulfide) groups is 1. The second-order valence-electron chi connectivity index (χ2n) is 8.31. The Kier molecular flexibility index (Phi) is 5.28. The van der Waals surface area contributed by atoms with E-state index in [4.69, 9.17) is 0 Å². The fourth-order valence-corrected chi connectivity index (χ4v) is 3.26. The molecular weight excluding hydrogens is 318 g/mol. The molecule has 0 aliphatic carbocycles. The highest BCUT2D eigenvalue weighted by atomic mass is 32.2. The maximum atomic E-state index is 12.3. The molecule has 1 aromatic carbocycles. The number of allylic oxidation sites excluding steroid dienone is 1. The van der Waals surface area contributed by atoms with Crippen molar-refractivity contribution in [3.8, 4) is 0 Å². The van der Waals surface area contributed by atoms with Gasteiger partial charge in [0.2, 0.25) is 5.91 Å². The molecule has 1 saturated heterocycles. The summed E-state index contributed by atoms with van der Waals surface area (Å²) in [7, 11) is 0. The number of rotatable bonds is 3. The number of carbonyl (C=O) groups excluding carboxylic acids is 2. The first kappa shape index (κ1) is 18.8. The number of amides is 1. The third-order valence-corrected chi connectivity index (χ3v) is 5.09. The molecular formula is C20H27NO2S. The van der Waals surface area contributed by atoms with E-state index in [2.05, 4.69) is 45.0 Å². The van der Waals surface area contributed by atoms with Crippen LogP contribution in [0.15, 0.2) is 35.4 Å². The van der Waals surface area contributed by atoms with Crippen molar-refractivity contribution < 1.29 is 9.59 Å². The lowest BCUT2D eigenvalue weighted by atomic mass is 9.87. The third kappa shape index (κ3) is 4.50. The van der Waals surface area contributed by atoms with Crippen LogP contribution in [0.2, 0.25) is 0 Å². The van der Waals surface area contributed by atoms with Gasteiger partial charge in [0, 0.05) is 11.5 Å². The van der Waals surface area contributed by atoms with Crippen LogP contribution in [-0.4, -0.2) is 22.3 Å². The van der Waals surface area contributed by atoms with Gasteiger partial charge in [0.25, 0.3) is 0 Å². The molecule has 1 fully saturated rings. The molecule has 0 N–H and O–H groups in total. The Morgan fingerprint density at radius 1 is 1.12 bits per heavy atom. The zero-order valence-electron chi connectivity index (χ0n) is 15.5. The van der Waals surface area contributed by atoms with Gasteiger partial charge in [-0.2, -0.15) is 0 Å². The molecule has 2 rings (SSSR count). The summed E-state index contributed by atoms with van der Waals surface area (Å²) in [6.07, 6.45) is 1.62. The summed E-state index contributed by atoms with van der Waals surface area (Å²) in [6, 6.07) is 8.37. The molecule has 130 valence electrons. The fraction of sp³-hybridized carbons (Fsp3) is 0.500. The maximum Gasteiger partial charge on any atom is 0.238 e. The summed E-state index contributed by atoms with van der Waals surface area (Å²) in [6.45, 7) is 12.7. The highest BCUT2D eigenvalue weighted by molar-refractivity contribution is 8.04. The van der Waals surface area contributed by atoms with Crippen molar-refractivity contribution in [2.24, 2.45) is 5.41 Å². The summed E-state index contributed by atoms with van der Waals surface area (Å²) in [5.41, 5.74) is 2.03. The van der Waals surface area contributed by atoms with Crippen molar-refractivity contribution in [2.45, 2.75) is 53.5 Å². The van der Waals surface area contributed by atoms with Crippen LogP contribution in [-0.2, 0) is 21.5 Å². The highest BCUT2D eigenvalue weighted by Crippen LogP contribution is 2.32. The molecule has 0 unspecified atom stereocenters. The van der Waals surface area contributed by atoms with Gasteiger partial charge < -0.3 is 4.90 Å². The molecule has 1 amide bonds. The molecule has 0 atom stereocenters. The normalized spacial score (nSPS) is 17.7. The lowest BCUT2D eigenvalue weighted by molar-refractivity contribution is -0.125. The average molecular weight is 346 g/mol. The van der Waals surface area contributed by atoms with E-state index in [1.807, 2.05) is 20.8 Å². The van der Waals surface area contributed by atoms with Gasteiger partial charge in [-0.15, -0.1) is 0 Å². The summed E-state index contributed by atoms with van der Waals surface area (Å²) in [5, 5.41) is 0.764. The molecule has 0 saturated carbocycles. The third-order valence-electron chi connectivity index (χ3n) is 4.07. The molecule has 0 spiro atoms. The lowest BCUT2D eigenvalue weighted by Crippen LogP contribution is -2.26. The van der Waals surface area contributed by atoms with Gasteiger partial charge in [0.15, 0.2) is 5.78 Å². The van der Waals surface area contributed by atoms with Crippen molar-refractivity contribution in [2.75, 3.05) is 5.75 Å². The van der Waals surface area contributed by atoms with Crippen LogP contribution in [0.4, 0.5) is 0 Å². The summed E-state index contributed by atoms with van der Waals surface area (Å²) < 4.78 is 0. The van der Waals surface area contributed by atoms with Gasteiger partial charge in [0.1, 0.15) is 0 Å². The minimum absolute atomic E-state index is 0.0489.